The minimum atomic E-state index is -3.58. The summed E-state index contributed by atoms with van der Waals surface area (Å²) in [6.45, 7) is 6.84. The van der Waals surface area contributed by atoms with E-state index in [9.17, 15) is 22.8 Å². The van der Waals surface area contributed by atoms with E-state index in [4.69, 9.17) is 9.15 Å². The molecule has 2 heterocycles. The van der Waals surface area contributed by atoms with Crippen molar-refractivity contribution in [1.29, 1.82) is 0 Å². The molecule has 1 unspecified atom stereocenters. The number of carbonyl (C=O) groups excluding carboxylic acids is 3. The number of ether oxygens (including phenoxy) is 1. The number of hydrogen-bond donors (Lipinski definition) is 1. The molecule has 186 valence electrons. The van der Waals surface area contributed by atoms with Gasteiger partial charge in [-0.15, -0.1) is 0 Å². The third-order valence-corrected chi connectivity index (χ3v) is 6.59. The maximum atomic E-state index is 13.3. The van der Waals surface area contributed by atoms with Crippen molar-refractivity contribution < 1.29 is 32.0 Å². The molecule has 0 bridgehead atoms. The molecular weight excluding hydrogens is 462 g/mol. The predicted octanol–water partition coefficient (Wildman–Crippen LogP) is 1.45. The molecule has 0 saturated carbocycles. The lowest BCUT2D eigenvalue weighted by molar-refractivity contribution is -0.139. The second-order valence-corrected chi connectivity index (χ2v) is 11.8. The number of hydrogen-bond acceptors (Lipinski definition) is 8. The van der Waals surface area contributed by atoms with Crippen LogP contribution in [0.15, 0.2) is 28.7 Å². The molecule has 1 aliphatic rings. The number of amides is 2. The summed E-state index contributed by atoms with van der Waals surface area (Å²) < 4.78 is 34.9. The number of rotatable bonds is 8. The van der Waals surface area contributed by atoms with Crippen LogP contribution < -0.4 is 5.32 Å². The molecule has 1 aromatic carbocycles. The normalized spacial score (nSPS) is 16.8. The number of Topliss-reactive ketones (excluding diaryl/α,β-unsaturated/α-hetero) is 1. The molecule has 0 spiro atoms. The SMILES string of the molecule is CC(C)(C)[C@H](NC(=O)C(CC(=O)N1CCOCC1)CS(C)(=O)=O)C(=O)c1nc2ccccc2o1. The third-order valence-electron chi connectivity index (χ3n) is 5.58. The topological polar surface area (TPSA) is 136 Å². The summed E-state index contributed by atoms with van der Waals surface area (Å²) >= 11 is 0. The van der Waals surface area contributed by atoms with Crippen molar-refractivity contribution in [2.75, 3.05) is 38.3 Å². The van der Waals surface area contributed by atoms with Crippen LogP contribution in [-0.4, -0.2) is 80.3 Å². The Bertz CT molecular complexity index is 1130. The van der Waals surface area contributed by atoms with Gasteiger partial charge in [-0.1, -0.05) is 32.9 Å². The number of para-hydroxylation sites is 2. The molecule has 11 heteroatoms. The zero-order valence-corrected chi connectivity index (χ0v) is 20.7. The first-order valence-electron chi connectivity index (χ1n) is 11.1. The van der Waals surface area contributed by atoms with Crippen LogP contribution in [-0.2, 0) is 24.2 Å². The van der Waals surface area contributed by atoms with Gasteiger partial charge in [0, 0.05) is 25.8 Å². The second kappa shape index (κ2) is 10.2. The van der Waals surface area contributed by atoms with Crippen LogP contribution in [0.5, 0.6) is 0 Å². The van der Waals surface area contributed by atoms with Gasteiger partial charge in [-0.05, 0) is 17.5 Å². The van der Waals surface area contributed by atoms with Gasteiger partial charge in [-0.25, -0.2) is 13.4 Å². The molecule has 2 atom stereocenters. The number of oxazole rings is 1. The zero-order chi connectivity index (χ0) is 25.1. The van der Waals surface area contributed by atoms with Crippen molar-refractivity contribution in [3.8, 4) is 0 Å². The third kappa shape index (κ3) is 6.63. The van der Waals surface area contributed by atoms with Gasteiger partial charge in [0.15, 0.2) is 5.58 Å². The van der Waals surface area contributed by atoms with E-state index in [0.29, 0.717) is 37.4 Å². The van der Waals surface area contributed by atoms with Crippen molar-refractivity contribution in [1.82, 2.24) is 15.2 Å². The van der Waals surface area contributed by atoms with Gasteiger partial charge in [0.2, 0.25) is 17.6 Å². The lowest BCUT2D eigenvalue weighted by Gasteiger charge is -2.31. The van der Waals surface area contributed by atoms with E-state index in [1.807, 2.05) is 0 Å². The van der Waals surface area contributed by atoms with E-state index in [-0.39, 0.29) is 18.2 Å². The molecule has 1 aromatic heterocycles. The average Bonchev–Trinajstić information content (AvgIpc) is 3.19. The molecule has 1 fully saturated rings. The van der Waals surface area contributed by atoms with E-state index in [0.717, 1.165) is 6.26 Å². The quantitative estimate of drug-likeness (QED) is 0.546. The molecule has 3 rings (SSSR count). The molecular formula is C23H31N3O7S. The van der Waals surface area contributed by atoms with Crippen LogP contribution in [0.1, 0.15) is 37.9 Å². The number of ketones is 1. The van der Waals surface area contributed by atoms with Crippen LogP contribution in [0, 0.1) is 11.3 Å². The molecule has 1 N–H and O–H groups in total. The predicted molar refractivity (Wildman–Crippen MR) is 125 cm³/mol. The van der Waals surface area contributed by atoms with Crippen LogP contribution in [0.3, 0.4) is 0 Å². The minimum Gasteiger partial charge on any atom is -0.434 e. The summed E-state index contributed by atoms with van der Waals surface area (Å²) in [5.74, 6) is -3.35. The number of benzene rings is 1. The Labute approximate surface area is 198 Å². The van der Waals surface area contributed by atoms with E-state index >= 15 is 0 Å². The van der Waals surface area contributed by atoms with Gasteiger partial charge in [0.25, 0.3) is 5.89 Å². The lowest BCUT2D eigenvalue weighted by Crippen LogP contribution is -2.52. The van der Waals surface area contributed by atoms with E-state index in [2.05, 4.69) is 10.3 Å². The summed E-state index contributed by atoms with van der Waals surface area (Å²) in [5.41, 5.74) is 0.212. The second-order valence-electron chi connectivity index (χ2n) is 9.65. The van der Waals surface area contributed by atoms with Gasteiger partial charge in [0.1, 0.15) is 21.4 Å². The number of sulfone groups is 1. The fourth-order valence-electron chi connectivity index (χ4n) is 3.78. The summed E-state index contributed by atoms with van der Waals surface area (Å²) in [6, 6.07) is 5.87. The molecule has 2 amide bonds. The number of morpholine rings is 1. The number of carbonyl (C=O) groups is 3. The number of nitrogens with one attached hydrogen (secondary N) is 1. The average molecular weight is 494 g/mol. The summed E-state index contributed by atoms with van der Waals surface area (Å²) in [5, 5.41) is 2.68. The summed E-state index contributed by atoms with van der Waals surface area (Å²) in [4.78, 5) is 45.1. The standard InChI is InChI=1S/C23H31N3O7S/c1-23(2,3)20(19(28)22-24-16-7-5-6-8-17(16)33-22)25-21(29)15(14-34(4,30)31)13-18(27)26-9-11-32-12-10-26/h5-8,15,20H,9-14H2,1-4H3,(H,25,29)/t15?,20-/m1/s1. The first-order valence-corrected chi connectivity index (χ1v) is 13.1. The summed E-state index contributed by atoms with van der Waals surface area (Å²) in [7, 11) is -3.58. The smallest absolute Gasteiger partial charge is 0.266 e. The van der Waals surface area contributed by atoms with E-state index < -0.39 is 44.7 Å². The summed E-state index contributed by atoms with van der Waals surface area (Å²) in [6.07, 6.45) is 0.726. The van der Waals surface area contributed by atoms with Crippen LogP contribution in [0.4, 0.5) is 0 Å². The monoisotopic (exact) mass is 493 g/mol. The van der Waals surface area contributed by atoms with Gasteiger partial charge in [-0.3, -0.25) is 14.4 Å². The Hall–Kier alpha value is -2.79. The first-order chi connectivity index (χ1) is 15.8. The number of fused-ring (bicyclic) bond motifs is 1. The van der Waals surface area contributed by atoms with Crippen molar-refractivity contribution >= 4 is 38.5 Å². The molecule has 1 aliphatic heterocycles. The highest BCUT2D eigenvalue weighted by atomic mass is 32.2. The Morgan fingerprint density at radius 2 is 1.79 bits per heavy atom. The molecule has 34 heavy (non-hydrogen) atoms. The minimum absolute atomic E-state index is 0.148. The van der Waals surface area contributed by atoms with Crippen LogP contribution in [0.2, 0.25) is 0 Å². The Morgan fingerprint density at radius 3 is 2.38 bits per heavy atom. The van der Waals surface area contributed by atoms with Gasteiger partial charge in [0.05, 0.1) is 24.9 Å². The van der Waals surface area contributed by atoms with Crippen LogP contribution >= 0.6 is 0 Å². The fourth-order valence-corrected chi connectivity index (χ4v) is 4.78. The van der Waals surface area contributed by atoms with Crippen molar-refractivity contribution in [3.63, 3.8) is 0 Å². The first kappa shape index (κ1) is 25.8. The Morgan fingerprint density at radius 1 is 1.15 bits per heavy atom. The number of nitrogens with zero attached hydrogens (tertiary/aromatic N) is 2. The molecule has 0 radical (unpaired) electrons. The highest BCUT2D eigenvalue weighted by Crippen LogP contribution is 2.25. The molecule has 10 nitrogen and oxygen atoms in total. The van der Waals surface area contributed by atoms with Gasteiger partial charge >= 0.3 is 0 Å². The molecule has 2 aromatic rings. The molecule has 0 aliphatic carbocycles. The Kier molecular flexibility index (Phi) is 7.77. The van der Waals surface area contributed by atoms with Crippen molar-refractivity contribution in [3.05, 3.63) is 30.2 Å². The largest absolute Gasteiger partial charge is 0.434 e. The fraction of sp³-hybridized carbons (Fsp3) is 0.565. The molecule has 1 saturated heterocycles. The lowest BCUT2D eigenvalue weighted by atomic mass is 9.83. The number of aromatic nitrogens is 1. The highest BCUT2D eigenvalue weighted by Gasteiger charge is 2.38. The highest BCUT2D eigenvalue weighted by molar-refractivity contribution is 7.90. The van der Waals surface area contributed by atoms with Gasteiger partial charge in [-0.2, -0.15) is 0 Å². The van der Waals surface area contributed by atoms with E-state index in [1.165, 1.54) is 0 Å². The zero-order valence-electron chi connectivity index (χ0n) is 19.9. The van der Waals surface area contributed by atoms with E-state index in [1.54, 1.807) is 49.9 Å². The van der Waals surface area contributed by atoms with Gasteiger partial charge < -0.3 is 19.4 Å². The Balaban J connectivity index is 1.82. The maximum Gasteiger partial charge on any atom is 0.266 e. The maximum absolute atomic E-state index is 13.3. The van der Waals surface area contributed by atoms with Crippen molar-refractivity contribution in [2.24, 2.45) is 11.3 Å². The van der Waals surface area contributed by atoms with Crippen LogP contribution in [0.25, 0.3) is 11.1 Å². The van der Waals surface area contributed by atoms with Crippen molar-refractivity contribution in [2.45, 2.75) is 33.2 Å².